The van der Waals surface area contributed by atoms with Crippen LogP contribution in [0, 0.1) is 0 Å². The fourth-order valence-electron chi connectivity index (χ4n) is 5.19. The van der Waals surface area contributed by atoms with E-state index >= 15 is 0 Å². The lowest BCUT2D eigenvalue weighted by Crippen LogP contribution is -2.48. The zero-order chi connectivity index (χ0) is 21.0. The van der Waals surface area contributed by atoms with Gasteiger partial charge >= 0.3 is 0 Å². The first kappa shape index (κ1) is 20.0. The molecular formula is C26H30N4O. The Kier molecular flexibility index (Phi) is 5.85. The van der Waals surface area contributed by atoms with E-state index in [-0.39, 0.29) is 0 Å². The van der Waals surface area contributed by atoms with Gasteiger partial charge in [0.15, 0.2) is 0 Å². The van der Waals surface area contributed by atoms with Crippen molar-refractivity contribution in [3.63, 3.8) is 0 Å². The number of amides is 1. The van der Waals surface area contributed by atoms with Crippen LogP contribution in [0.15, 0.2) is 73.1 Å². The average molecular weight is 415 g/mol. The maximum atomic E-state index is 13.0. The summed E-state index contributed by atoms with van der Waals surface area (Å²) in [6.45, 7) is 2.72. The van der Waals surface area contributed by atoms with Crippen molar-refractivity contribution in [1.82, 2.24) is 19.6 Å². The molecule has 2 aromatic carbocycles. The zero-order valence-corrected chi connectivity index (χ0v) is 17.9. The predicted octanol–water partition coefficient (Wildman–Crippen LogP) is 4.42. The molecule has 5 heteroatoms. The quantitative estimate of drug-likeness (QED) is 0.621. The molecule has 0 radical (unpaired) electrons. The van der Waals surface area contributed by atoms with Crippen molar-refractivity contribution in [2.24, 2.45) is 0 Å². The molecule has 1 amide bonds. The Morgan fingerprint density at radius 3 is 2.42 bits per heavy atom. The van der Waals surface area contributed by atoms with Crippen molar-refractivity contribution in [2.75, 3.05) is 6.54 Å². The smallest absolute Gasteiger partial charge is 0.223 e. The topological polar surface area (TPSA) is 41.4 Å². The molecule has 2 saturated heterocycles. The van der Waals surface area contributed by atoms with E-state index in [1.807, 2.05) is 23.0 Å². The third-order valence-corrected chi connectivity index (χ3v) is 6.77. The summed E-state index contributed by atoms with van der Waals surface area (Å²) in [7, 11) is 0. The highest BCUT2D eigenvalue weighted by molar-refractivity contribution is 5.76. The first-order chi connectivity index (χ1) is 15.3. The number of carbonyl (C=O) groups is 1. The lowest BCUT2D eigenvalue weighted by Gasteiger charge is -2.37. The van der Waals surface area contributed by atoms with Crippen LogP contribution < -0.4 is 0 Å². The number of benzene rings is 2. The van der Waals surface area contributed by atoms with E-state index in [1.54, 1.807) is 6.20 Å². The summed E-state index contributed by atoms with van der Waals surface area (Å²) in [6.07, 6.45) is 8.83. The van der Waals surface area contributed by atoms with Crippen LogP contribution in [0.1, 0.15) is 43.2 Å². The Labute approximate surface area is 184 Å². The number of likely N-dealkylation sites (tertiary alicyclic amines) is 2. The van der Waals surface area contributed by atoms with Gasteiger partial charge in [0.2, 0.25) is 5.91 Å². The Hall–Kier alpha value is -2.92. The summed E-state index contributed by atoms with van der Waals surface area (Å²) in [5, 5.41) is 4.31. The molecule has 2 aliphatic rings. The second-order valence-corrected chi connectivity index (χ2v) is 8.76. The van der Waals surface area contributed by atoms with Gasteiger partial charge < -0.3 is 4.90 Å². The first-order valence-electron chi connectivity index (χ1n) is 11.4. The summed E-state index contributed by atoms with van der Waals surface area (Å²) < 4.78 is 1.89. The lowest BCUT2D eigenvalue weighted by atomic mass is 9.96. The number of hydrogen-bond donors (Lipinski definition) is 0. The summed E-state index contributed by atoms with van der Waals surface area (Å²) in [5.41, 5.74) is 3.63. The van der Waals surface area contributed by atoms with Gasteiger partial charge in [-0.25, -0.2) is 4.68 Å². The number of rotatable bonds is 5. The van der Waals surface area contributed by atoms with Crippen molar-refractivity contribution in [3.05, 3.63) is 84.2 Å². The maximum Gasteiger partial charge on any atom is 0.223 e. The van der Waals surface area contributed by atoms with Crippen molar-refractivity contribution in [3.8, 4) is 5.69 Å². The largest absolute Gasteiger partial charge is 0.334 e. The molecule has 5 rings (SSSR count). The highest BCUT2D eigenvalue weighted by Gasteiger charge is 2.40. The van der Waals surface area contributed by atoms with Gasteiger partial charge in [0.25, 0.3) is 0 Å². The lowest BCUT2D eigenvalue weighted by molar-refractivity contribution is -0.135. The van der Waals surface area contributed by atoms with Gasteiger partial charge in [0.1, 0.15) is 0 Å². The van der Waals surface area contributed by atoms with Crippen molar-refractivity contribution >= 4 is 5.91 Å². The molecule has 5 nitrogen and oxygen atoms in total. The molecule has 0 N–H and O–H groups in total. The molecule has 2 atom stereocenters. The second kappa shape index (κ2) is 9.06. The van der Waals surface area contributed by atoms with E-state index in [0.29, 0.717) is 24.4 Å². The molecule has 0 aliphatic carbocycles. The number of carbonyl (C=O) groups excluding carboxylic acids is 1. The van der Waals surface area contributed by atoms with Gasteiger partial charge in [-0.3, -0.25) is 9.69 Å². The molecule has 3 heterocycles. The summed E-state index contributed by atoms with van der Waals surface area (Å²) in [4.78, 5) is 17.8. The van der Waals surface area contributed by atoms with Crippen LogP contribution in [0.4, 0.5) is 0 Å². The molecule has 0 saturated carbocycles. The van der Waals surface area contributed by atoms with Gasteiger partial charge in [-0.2, -0.15) is 5.10 Å². The van der Waals surface area contributed by atoms with Crippen LogP contribution in [0.25, 0.3) is 5.69 Å². The minimum absolute atomic E-state index is 0.316. The Bertz CT molecular complexity index is 984. The van der Waals surface area contributed by atoms with Crippen LogP contribution in [-0.4, -0.2) is 44.1 Å². The van der Waals surface area contributed by atoms with E-state index in [9.17, 15) is 4.79 Å². The summed E-state index contributed by atoms with van der Waals surface area (Å²) in [6, 6.07) is 21.8. The van der Waals surface area contributed by atoms with Gasteiger partial charge in [-0.05, 0) is 48.6 Å². The number of nitrogens with zero attached hydrogens (tertiary/aromatic N) is 4. The highest BCUT2D eigenvalue weighted by Crippen LogP contribution is 2.32. The normalized spacial score (nSPS) is 22.2. The third-order valence-electron chi connectivity index (χ3n) is 6.77. The highest BCUT2D eigenvalue weighted by atomic mass is 16.2. The van der Waals surface area contributed by atoms with Crippen LogP contribution in [0.2, 0.25) is 0 Å². The molecule has 0 unspecified atom stereocenters. The van der Waals surface area contributed by atoms with E-state index in [2.05, 4.69) is 63.4 Å². The van der Waals surface area contributed by atoms with E-state index in [4.69, 9.17) is 0 Å². The molecule has 1 aromatic heterocycles. The molecule has 2 fully saturated rings. The SMILES string of the molecule is O=C1CCCC[C@@H]2[C@H](CCN2Cc2ccc(-n3cccn3)cc2)N1Cc1ccccc1. The van der Waals surface area contributed by atoms with Gasteiger partial charge in [-0.15, -0.1) is 0 Å². The standard InChI is InChI=1S/C26H30N4O/c31-26-10-5-4-9-24-25(29(26)20-21-7-2-1-3-8-21)15-18-28(24)19-22-11-13-23(14-12-22)30-17-6-16-27-30/h1-3,6-8,11-14,16-17,24-25H,4-5,9-10,15,18-20H2/t24-,25+/m1/s1. The van der Waals surface area contributed by atoms with Crippen LogP contribution in [0.3, 0.4) is 0 Å². The third kappa shape index (κ3) is 4.42. The molecule has 2 aliphatic heterocycles. The van der Waals surface area contributed by atoms with E-state index in [0.717, 1.165) is 44.6 Å². The van der Waals surface area contributed by atoms with E-state index < -0.39 is 0 Å². The minimum atomic E-state index is 0.316. The molecule has 0 spiro atoms. The van der Waals surface area contributed by atoms with Crippen LogP contribution in [0.5, 0.6) is 0 Å². The molecular weight excluding hydrogens is 384 g/mol. The van der Waals surface area contributed by atoms with Gasteiger partial charge in [0, 0.05) is 50.5 Å². The van der Waals surface area contributed by atoms with Gasteiger partial charge in [-0.1, -0.05) is 48.9 Å². The van der Waals surface area contributed by atoms with Crippen molar-refractivity contribution < 1.29 is 4.79 Å². The predicted molar refractivity (Wildman–Crippen MR) is 122 cm³/mol. The maximum absolute atomic E-state index is 13.0. The van der Waals surface area contributed by atoms with Crippen molar-refractivity contribution in [2.45, 2.75) is 57.3 Å². The monoisotopic (exact) mass is 414 g/mol. The number of aromatic nitrogens is 2. The van der Waals surface area contributed by atoms with Crippen LogP contribution >= 0.6 is 0 Å². The Balaban J connectivity index is 1.31. The summed E-state index contributed by atoms with van der Waals surface area (Å²) in [5.74, 6) is 0.323. The van der Waals surface area contributed by atoms with Crippen LogP contribution in [-0.2, 0) is 17.9 Å². The average Bonchev–Trinajstić information content (AvgIpc) is 3.46. The number of fused-ring (bicyclic) bond motifs is 1. The first-order valence-corrected chi connectivity index (χ1v) is 11.4. The second-order valence-electron chi connectivity index (χ2n) is 8.76. The van der Waals surface area contributed by atoms with Crippen molar-refractivity contribution in [1.29, 1.82) is 0 Å². The fraction of sp³-hybridized carbons (Fsp3) is 0.385. The van der Waals surface area contributed by atoms with Gasteiger partial charge in [0.05, 0.1) is 5.69 Å². The minimum Gasteiger partial charge on any atom is -0.334 e. The summed E-state index contributed by atoms with van der Waals surface area (Å²) >= 11 is 0. The Morgan fingerprint density at radius 1 is 0.839 bits per heavy atom. The molecule has 31 heavy (non-hydrogen) atoms. The molecule has 0 bridgehead atoms. The molecule has 3 aromatic rings. The number of hydrogen-bond acceptors (Lipinski definition) is 3. The fourth-order valence-corrected chi connectivity index (χ4v) is 5.19. The molecule has 160 valence electrons. The van der Waals surface area contributed by atoms with E-state index in [1.165, 1.54) is 17.5 Å². The zero-order valence-electron chi connectivity index (χ0n) is 17.9. The Morgan fingerprint density at radius 2 is 1.65 bits per heavy atom.